The first-order chi connectivity index (χ1) is 14.5. The van der Waals surface area contributed by atoms with E-state index in [0.717, 1.165) is 38.0 Å². The molecule has 0 bridgehead atoms. The molecule has 2 aliphatic heterocycles. The minimum Gasteiger partial charge on any atom is -0.462 e. The monoisotopic (exact) mass is 406 g/mol. The van der Waals surface area contributed by atoms with Crippen LogP contribution in [0.4, 0.5) is 5.69 Å². The number of hydrogen-bond donors (Lipinski definition) is 1. The van der Waals surface area contributed by atoms with Crippen molar-refractivity contribution in [2.75, 3.05) is 24.8 Å². The Morgan fingerprint density at radius 1 is 1.13 bits per heavy atom. The normalized spacial score (nSPS) is 18.3. The number of fused-ring (bicyclic) bond motifs is 1. The molecule has 2 aromatic carbocycles. The van der Waals surface area contributed by atoms with Gasteiger partial charge in [0.05, 0.1) is 6.04 Å². The Morgan fingerprint density at radius 3 is 2.60 bits per heavy atom. The summed E-state index contributed by atoms with van der Waals surface area (Å²) in [6.45, 7) is 8.94. The van der Waals surface area contributed by atoms with Gasteiger partial charge in [0.25, 0.3) is 0 Å². The second kappa shape index (κ2) is 8.73. The van der Waals surface area contributed by atoms with Gasteiger partial charge in [-0.1, -0.05) is 57.2 Å². The average molecular weight is 407 g/mol. The molecule has 2 heterocycles. The first-order valence-electron chi connectivity index (χ1n) is 11.1. The van der Waals surface area contributed by atoms with Crippen LogP contribution in [0.1, 0.15) is 49.4 Å². The maximum Gasteiger partial charge on any atom is 0.229 e. The quantitative estimate of drug-likeness (QED) is 0.724. The molecular formula is C26H34N2O2. The van der Waals surface area contributed by atoms with Gasteiger partial charge < -0.3 is 20.1 Å². The number of nitrogens with zero attached hydrogens (tertiary/aromatic N) is 1. The minimum atomic E-state index is 0.114. The number of anilines is 1. The Hall–Kier alpha value is -2.46. The van der Waals surface area contributed by atoms with Gasteiger partial charge in [-0.15, -0.1) is 0 Å². The van der Waals surface area contributed by atoms with E-state index < -0.39 is 0 Å². The molecule has 0 aliphatic carbocycles. The Bertz CT molecular complexity index is 905. The molecule has 0 spiro atoms. The molecular weight excluding hydrogens is 372 g/mol. The van der Waals surface area contributed by atoms with E-state index in [4.69, 9.17) is 15.2 Å². The number of benzene rings is 2. The van der Waals surface area contributed by atoms with Crippen LogP contribution in [-0.4, -0.2) is 25.9 Å². The molecule has 4 rings (SSSR count). The maximum absolute atomic E-state index is 5.95. The lowest BCUT2D eigenvalue weighted by Gasteiger charge is -2.44. The fourth-order valence-corrected chi connectivity index (χ4v) is 4.78. The van der Waals surface area contributed by atoms with Crippen molar-refractivity contribution < 1.29 is 9.47 Å². The van der Waals surface area contributed by atoms with Gasteiger partial charge in [0.15, 0.2) is 5.76 Å². The molecule has 2 aliphatic rings. The highest BCUT2D eigenvalue weighted by Gasteiger charge is 2.37. The number of nitrogens with two attached hydrogens (primary N) is 1. The van der Waals surface area contributed by atoms with Crippen molar-refractivity contribution in [1.29, 1.82) is 0 Å². The van der Waals surface area contributed by atoms with Crippen LogP contribution < -0.4 is 10.6 Å². The first kappa shape index (κ1) is 20.8. The Labute approximate surface area is 180 Å². The van der Waals surface area contributed by atoms with Gasteiger partial charge in [-0.25, -0.2) is 0 Å². The van der Waals surface area contributed by atoms with Gasteiger partial charge >= 0.3 is 0 Å². The summed E-state index contributed by atoms with van der Waals surface area (Å²) >= 11 is 0. The molecule has 4 heteroatoms. The van der Waals surface area contributed by atoms with Gasteiger partial charge in [0.1, 0.15) is 6.26 Å². The van der Waals surface area contributed by atoms with Crippen molar-refractivity contribution in [1.82, 2.24) is 0 Å². The summed E-state index contributed by atoms with van der Waals surface area (Å²) in [6, 6.07) is 15.6. The molecule has 1 atom stereocenters. The SMILES string of the molecule is CCc1cc2c(cc1CCN)N(C(Cc1ccccc1)C1=COCO1)CCC2(C)C. The number of hydrogen-bond acceptors (Lipinski definition) is 4. The fraction of sp³-hybridized carbons (Fsp3) is 0.462. The van der Waals surface area contributed by atoms with Gasteiger partial charge in [-0.3, -0.25) is 0 Å². The molecule has 30 heavy (non-hydrogen) atoms. The number of aryl methyl sites for hydroxylation is 1. The highest BCUT2D eigenvalue weighted by molar-refractivity contribution is 5.64. The molecule has 1 unspecified atom stereocenters. The highest BCUT2D eigenvalue weighted by Crippen LogP contribution is 2.43. The average Bonchev–Trinajstić information content (AvgIpc) is 3.28. The van der Waals surface area contributed by atoms with E-state index in [1.807, 2.05) is 0 Å². The summed E-state index contributed by atoms with van der Waals surface area (Å²) in [5, 5.41) is 0. The van der Waals surface area contributed by atoms with Gasteiger partial charge in [0.2, 0.25) is 6.79 Å². The van der Waals surface area contributed by atoms with Gasteiger partial charge in [-0.2, -0.15) is 0 Å². The third-order valence-electron chi connectivity index (χ3n) is 6.60. The van der Waals surface area contributed by atoms with Crippen molar-refractivity contribution >= 4 is 5.69 Å². The van der Waals surface area contributed by atoms with E-state index in [9.17, 15) is 0 Å². The molecule has 0 radical (unpaired) electrons. The summed E-state index contributed by atoms with van der Waals surface area (Å²) in [6.07, 6.45) is 5.75. The zero-order chi connectivity index (χ0) is 21.1. The molecule has 2 aromatic rings. The Balaban J connectivity index is 1.79. The van der Waals surface area contributed by atoms with Crippen LogP contribution in [0.25, 0.3) is 0 Å². The topological polar surface area (TPSA) is 47.7 Å². The molecule has 2 N–H and O–H groups in total. The lowest BCUT2D eigenvalue weighted by atomic mass is 9.75. The molecule has 0 saturated heterocycles. The minimum absolute atomic E-state index is 0.114. The smallest absolute Gasteiger partial charge is 0.229 e. The van der Waals surface area contributed by atoms with Crippen LogP contribution in [0.5, 0.6) is 0 Å². The molecule has 0 aromatic heterocycles. The van der Waals surface area contributed by atoms with Crippen LogP contribution in [0.2, 0.25) is 0 Å². The summed E-state index contributed by atoms with van der Waals surface area (Å²) in [7, 11) is 0. The predicted molar refractivity (Wildman–Crippen MR) is 123 cm³/mol. The van der Waals surface area contributed by atoms with Crippen molar-refractivity contribution in [2.24, 2.45) is 5.73 Å². The van der Waals surface area contributed by atoms with E-state index >= 15 is 0 Å². The van der Waals surface area contributed by atoms with Crippen molar-refractivity contribution in [3.05, 3.63) is 76.7 Å². The van der Waals surface area contributed by atoms with E-state index in [0.29, 0.717) is 13.3 Å². The fourth-order valence-electron chi connectivity index (χ4n) is 4.78. The summed E-state index contributed by atoms with van der Waals surface area (Å²) in [5.41, 5.74) is 13.0. The van der Waals surface area contributed by atoms with Gasteiger partial charge in [-0.05, 0) is 59.5 Å². The number of ether oxygens (including phenoxy) is 2. The van der Waals surface area contributed by atoms with E-state index in [2.05, 4.69) is 68.1 Å². The zero-order valence-corrected chi connectivity index (χ0v) is 18.5. The molecule has 160 valence electrons. The largest absolute Gasteiger partial charge is 0.462 e. The third kappa shape index (κ3) is 4.06. The Kier molecular flexibility index (Phi) is 6.05. The molecule has 0 saturated carbocycles. The summed E-state index contributed by atoms with van der Waals surface area (Å²) in [5.74, 6) is 0.921. The maximum atomic E-state index is 5.95. The van der Waals surface area contributed by atoms with Crippen molar-refractivity contribution in [3.63, 3.8) is 0 Å². The van der Waals surface area contributed by atoms with Crippen molar-refractivity contribution in [3.8, 4) is 0 Å². The van der Waals surface area contributed by atoms with Crippen LogP contribution in [-0.2, 0) is 34.2 Å². The van der Waals surface area contributed by atoms with E-state index in [1.54, 1.807) is 6.26 Å². The number of rotatable bonds is 7. The molecule has 0 fully saturated rings. The van der Waals surface area contributed by atoms with Crippen molar-refractivity contribution in [2.45, 2.75) is 57.9 Å². The standard InChI is InChI=1S/C26H34N2O2/c1-4-20-15-22-23(16-21(20)10-12-27)28(13-11-26(22,2)3)24(25-17-29-18-30-25)14-19-8-6-5-7-9-19/h5-9,15-17,24H,4,10-14,18,27H2,1-3H3. The third-order valence-corrected chi connectivity index (χ3v) is 6.60. The van der Waals surface area contributed by atoms with Crippen LogP contribution in [0, 0.1) is 0 Å². The van der Waals surface area contributed by atoms with Crippen LogP contribution in [0.3, 0.4) is 0 Å². The lowest BCUT2D eigenvalue weighted by Crippen LogP contribution is -2.45. The molecule has 0 amide bonds. The second-order valence-corrected chi connectivity index (χ2v) is 9.01. The Morgan fingerprint density at radius 2 is 1.93 bits per heavy atom. The van der Waals surface area contributed by atoms with E-state index in [1.165, 1.54) is 27.9 Å². The highest BCUT2D eigenvalue weighted by atomic mass is 16.7. The molecule has 4 nitrogen and oxygen atoms in total. The van der Waals surface area contributed by atoms with Crippen LogP contribution in [0.15, 0.2) is 54.5 Å². The first-order valence-corrected chi connectivity index (χ1v) is 11.1. The van der Waals surface area contributed by atoms with Gasteiger partial charge in [0, 0.05) is 18.7 Å². The summed E-state index contributed by atoms with van der Waals surface area (Å²) < 4.78 is 11.4. The predicted octanol–water partition coefficient (Wildman–Crippen LogP) is 4.69. The second-order valence-electron chi connectivity index (χ2n) is 9.01. The van der Waals surface area contributed by atoms with E-state index in [-0.39, 0.29) is 11.5 Å². The zero-order valence-electron chi connectivity index (χ0n) is 18.5. The van der Waals surface area contributed by atoms with Crippen LogP contribution >= 0.6 is 0 Å². The summed E-state index contributed by atoms with van der Waals surface area (Å²) in [4.78, 5) is 2.54. The lowest BCUT2D eigenvalue weighted by molar-refractivity contribution is 0.0748.